The number of hydrogen-bond donors (Lipinski definition) is 2. The standard InChI is InChI=1S/C14H21N3O2S2/c1-9-5-14(11(3)20-9)10(2)16-21(18,19)13-6-12(7-15)17(4)8-13/h5-6,8,10,16H,7,15H2,1-4H3. The van der Waals surface area contributed by atoms with Gasteiger partial charge in [-0.1, -0.05) is 0 Å². The first-order chi connectivity index (χ1) is 9.74. The maximum Gasteiger partial charge on any atom is 0.242 e. The van der Waals surface area contributed by atoms with Crippen LogP contribution in [0.15, 0.2) is 23.2 Å². The van der Waals surface area contributed by atoms with Crippen molar-refractivity contribution in [3.63, 3.8) is 0 Å². The van der Waals surface area contributed by atoms with Crippen LogP contribution in [0.5, 0.6) is 0 Å². The summed E-state index contributed by atoms with van der Waals surface area (Å²) in [5.74, 6) is 0. The summed E-state index contributed by atoms with van der Waals surface area (Å²) in [6.07, 6.45) is 1.59. The Bertz CT molecular complexity index is 744. The smallest absolute Gasteiger partial charge is 0.242 e. The summed E-state index contributed by atoms with van der Waals surface area (Å²) < 4.78 is 29.4. The monoisotopic (exact) mass is 327 g/mol. The highest BCUT2D eigenvalue weighted by molar-refractivity contribution is 7.89. The van der Waals surface area contributed by atoms with Crippen LogP contribution in [-0.4, -0.2) is 13.0 Å². The Morgan fingerprint density at radius 2 is 2.05 bits per heavy atom. The maximum atomic E-state index is 12.5. The summed E-state index contributed by atoms with van der Waals surface area (Å²) >= 11 is 1.67. The highest BCUT2D eigenvalue weighted by Crippen LogP contribution is 2.27. The summed E-state index contributed by atoms with van der Waals surface area (Å²) in [5, 5.41) is 0. The lowest BCUT2D eigenvalue weighted by Crippen LogP contribution is -2.26. The Labute approximate surface area is 129 Å². The van der Waals surface area contributed by atoms with E-state index in [1.165, 1.54) is 4.88 Å². The molecule has 0 amide bonds. The fourth-order valence-corrected chi connectivity index (χ4v) is 4.71. The van der Waals surface area contributed by atoms with Crippen molar-refractivity contribution >= 4 is 21.4 Å². The van der Waals surface area contributed by atoms with Gasteiger partial charge in [-0.2, -0.15) is 0 Å². The maximum absolute atomic E-state index is 12.5. The molecule has 0 aromatic carbocycles. The van der Waals surface area contributed by atoms with Gasteiger partial charge in [0.05, 0.1) is 4.90 Å². The van der Waals surface area contributed by atoms with Gasteiger partial charge in [-0.05, 0) is 38.5 Å². The van der Waals surface area contributed by atoms with E-state index in [1.54, 1.807) is 35.2 Å². The fourth-order valence-electron chi connectivity index (χ4n) is 2.37. The summed E-state index contributed by atoms with van der Waals surface area (Å²) in [6.45, 7) is 6.20. The van der Waals surface area contributed by atoms with Gasteiger partial charge in [0.15, 0.2) is 0 Å². The molecule has 5 nitrogen and oxygen atoms in total. The molecule has 2 heterocycles. The van der Waals surface area contributed by atoms with Gasteiger partial charge >= 0.3 is 0 Å². The van der Waals surface area contributed by atoms with Crippen LogP contribution in [-0.2, 0) is 23.6 Å². The minimum absolute atomic E-state index is 0.252. The molecule has 116 valence electrons. The lowest BCUT2D eigenvalue weighted by atomic mass is 10.1. The molecule has 1 atom stereocenters. The van der Waals surface area contributed by atoms with Crippen molar-refractivity contribution in [3.8, 4) is 0 Å². The molecule has 0 aliphatic carbocycles. The Kier molecular flexibility index (Phi) is 4.57. The predicted molar refractivity (Wildman–Crippen MR) is 85.8 cm³/mol. The van der Waals surface area contributed by atoms with E-state index in [9.17, 15) is 8.42 Å². The zero-order chi connectivity index (χ0) is 15.8. The van der Waals surface area contributed by atoms with E-state index < -0.39 is 10.0 Å². The number of nitrogens with two attached hydrogens (primary N) is 1. The summed E-state index contributed by atoms with van der Waals surface area (Å²) in [4.78, 5) is 2.57. The van der Waals surface area contributed by atoms with Crippen LogP contribution in [0.2, 0.25) is 0 Å². The lowest BCUT2D eigenvalue weighted by molar-refractivity contribution is 0.566. The third-order valence-corrected chi connectivity index (χ3v) is 5.97. The zero-order valence-electron chi connectivity index (χ0n) is 12.7. The zero-order valence-corrected chi connectivity index (χ0v) is 14.3. The van der Waals surface area contributed by atoms with Crippen LogP contribution in [0.4, 0.5) is 0 Å². The second kappa shape index (κ2) is 5.92. The van der Waals surface area contributed by atoms with Gasteiger partial charge in [0.1, 0.15) is 0 Å². The third-order valence-electron chi connectivity index (χ3n) is 3.48. The third kappa shape index (κ3) is 3.37. The van der Waals surface area contributed by atoms with Gasteiger partial charge in [-0.25, -0.2) is 13.1 Å². The number of sulfonamides is 1. The summed E-state index contributed by atoms with van der Waals surface area (Å²) in [5.41, 5.74) is 7.39. The van der Waals surface area contributed by atoms with E-state index in [0.29, 0.717) is 6.54 Å². The minimum atomic E-state index is -3.55. The first kappa shape index (κ1) is 16.2. The summed E-state index contributed by atoms with van der Waals surface area (Å²) in [7, 11) is -1.76. The van der Waals surface area contributed by atoms with Crippen LogP contribution in [0.1, 0.15) is 34.0 Å². The molecule has 0 radical (unpaired) electrons. The highest BCUT2D eigenvalue weighted by Gasteiger charge is 2.22. The van der Waals surface area contributed by atoms with E-state index in [2.05, 4.69) is 4.72 Å². The van der Waals surface area contributed by atoms with E-state index in [1.807, 2.05) is 26.8 Å². The average molecular weight is 327 g/mol. The van der Waals surface area contributed by atoms with Crippen LogP contribution < -0.4 is 10.5 Å². The SMILES string of the molecule is Cc1cc(C(C)NS(=O)(=O)c2cc(CN)n(C)c2)c(C)s1. The predicted octanol–water partition coefficient (Wildman–Crippen LogP) is 2.20. The molecule has 2 aromatic heterocycles. The van der Waals surface area contributed by atoms with Crippen molar-refractivity contribution in [3.05, 3.63) is 39.3 Å². The molecule has 7 heteroatoms. The molecular formula is C14H21N3O2S2. The first-order valence-electron chi connectivity index (χ1n) is 6.69. The number of rotatable bonds is 5. The summed E-state index contributed by atoms with van der Waals surface area (Å²) in [6, 6.07) is 3.38. The molecule has 0 saturated carbocycles. The van der Waals surface area contributed by atoms with E-state index >= 15 is 0 Å². The average Bonchev–Trinajstić information content (AvgIpc) is 2.91. The van der Waals surface area contributed by atoms with Crippen molar-refractivity contribution in [2.75, 3.05) is 0 Å². The number of nitrogens with zero attached hydrogens (tertiary/aromatic N) is 1. The number of thiophene rings is 1. The highest BCUT2D eigenvalue weighted by atomic mass is 32.2. The normalized spacial score (nSPS) is 13.6. The molecule has 0 aliphatic rings. The van der Waals surface area contributed by atoms with Gasteiger partial charge in [0, 0.05) is 41.3 Å². The van der Waals surface area contributed by atoms with E-state index in [-0.39, 0.29) is 10.9 Å². The lowest BCUT2D eigenvalue weighted by Gasteiger charge is -2.13. The topological polar surface area (TPSA) is 77.1 Å². The molecule has 2 aromatic rings. The number of aryl methyl sites for hydroxylation is 3. The Morgan fingerprint density at radius 1 is 1.38 bits per heavy atom. The number of nitrogens with one attached hydrogen (secondary N) is 1. The Hall–Kier alpha value is -1.15. The van der Waals surface area contributed by atoms with Gasteiger partial charge in [0.2, 0.25) is 10.0 Å². The van der Waals surface area contributed by atoms with Crippen LogP contribution in [0.3, 0.4) is 0 Å². The number of hydrogen-bond acceptors (Lipinski definition) is 4. The molecule has 3 N–H and O–H groups in total. The molecule has 0 spiro atoms. The molecule has 0 saturated heterocycles. The molecule has 0 fully saturated rings. The Balaban J connectivity index is 2.26. The largest absolute Gasteiger partial charge is 0.352 e. The molecule has 0 aliphatic heterocycles. The first-order valence-corrected chi connectivity index (χ1v) is 8.99. The number of aromatic nitrogens is 1. The van der Waals surface area contributed by atoms with E-state index in [4.69, 9.17) is 5.73 Å². The van der Waals surface area contributed by atoms with Gasteiger partial charge in [-0.15, -0.1) is 11.3 Å². The van der Waals surface area contributed by atoms with Crippen molar-refractivity contribution < 1.29 is 8.42 Å². The van der Waals surface area contributed by atoms with E-state index in [0.717, 1.165) is 16.1 Å². The van der Waals surface area contributed by atoms with Gasteiger partial charge < -0.3 is 10.3 Å². The fraction of sp³-hybridized carbons (Fsp3) is 0.429. The van der Waals surface area contributed by atoms with Crippen molar-refractivity contribution in [2.45, 2.75) is 38.3 Å². The molecule has 21 heavy (non-hydrogen) atoms. The minimum Gasteiger partial charge on any atom is -0.352 e. The second-order valence-electron chi connectivity index (χ2n) is 5.19. The van der Waals surface area contributed by atoms with Crippen molar-refractivity contribution in [1.29, 1.82) is 0 Å². The van der Waals surface area contributed by atoms with Gasteiger partial charge in [-0.3, -0.25) is 0 Å². The molecular weight excluding hydrogens is 306 g/mol. The van der Waals surface area contributed by atoms with Crippen LogP contribution >= 0.6 is 11.3 Å². The van der Waals surface area contributed by atoms with Gasteiger partial charge in [0.25, 0.3) is 0 Å². The van der Waals surface area contributed by atoms with Crippen LogP contribution in [0, 0.1) is 13.8 Å². The van der Waals surface area contributed by atoms with Crippen LogP contribution in [0.25, 0.3) is 0 Å². The molecule has 0 bridgehead atoms. The molecule has 2 rings (SSSR count). The van der Waals surface area contributed by atoms with Crippen molar-refractivity contribution in [1.82, 2.24) is 9.29 Å². The quantitative estimate of drug-likeness (QED) is 0.884. The van der Waals surface area contributed by atoms with Crippen molar-refractivity contribution in [2.24, 2.45) is 12.8 Å². The molecule has 1 unspecified atom stereocenters. The second-order valence-corrected chi connectivity index (χ2v) is 8.37. The Morgan fingerprint density at radius 3 is 2.52 bits per heavy atom.